The first-order valence-electron chi connectivity index (χ1n) is 5.65. The molecule has 1 aromatic carbocycles. The zero-order chi connectivity index (χ0) is 14.5. The van der Waals surface area contributed by atoms with E-state index in [-0.39, 0.29) is 17.4 Å². The summed E-state index contributed by atoms with van der Waals surface area (Å²) in [6, 6.07) is 7.26. The van der Waals surface area contributed by atoms with Crippen molar-refractivity contribution in [3.05, 3.63) is 40.7 Å². The molecular weight excluding hydrogens is 280 g/mol. The monoisotopic (exact) mass is 292 g/mol. The van der Waals surface area contributed by atoms with Crippen molar-refractivity contribution >= 4 is 23.3 Å². The van der Waals surface area contributed by atoms with Gasteiger partial charge in [0.15, 0.2) is 0 Å². The molecule has 0 atom stereocenters. The topological polar surface area (TPSA) is 90.2 Å². The van der Waals surface area contributed by atoms with Gasteiger partial charge in [0.1, 0.15) is 12.1 Å². The molecule has 0 saturated heterocycles. The van der Waals surface area contributed by atoms with E-state index >= 15 is 0 Å². The van der Waals surface area contributed by atoms with Gasteiger partial charge in [0.2, 0.25) is 5.82 Å². The van der Waals surface area contributed by atoms with Gasteiger partial charge in [-0.2, -0.15) is 4.98 Å². The Labute approximate surface area is 119 Å². The van der Waals surface area contributed by atoms with Gasteiger partial charge in [-0.3, -0.25) is 10.1 Å². The first-order chi connectivity index (χ1) is 9.67. The van der Waals surface area contributed by atoms with Gasteiger partial charge >= 0.3 is 11.6 Å². The zero-order valence-electron chi connectivity index (χ0n) is 10.9. The number of nitrogens with zero attached hydrogens (tertiary/aromatic N) is 3. The van der Waals surface area contributed by atoms with Crippen LogP contribution in [0.5, 0.6) is 11.6 Å². The third kappa shape index (κ3) is 2.80. The molecule has 0 aliphatic rings. The van der Waals surface area contributed by atoms with Crippen molar-refractivity contribution in [3.8, 4) is 11.6 Å². The van der Waals surface area contributed by atoms with E-state index < -0.39 is 4.92 Å². The van der Waals surface area contributed by atoms with E-state index in [0.717, 1.165) is 4.90 Å². The fourth-order valence-electron chi connectivity index (χ4n) is 1.59. The lowest BCUT2D eigenvalue weighted by Gasteiger charge is -2.09. The molecule has 0 unspecified atom stereocenters. The van der Waals surface area contributed by atoms with Gasteiger partial charge in [0.05, 0.1) is 4.92 Å². The number of benzene rings is 1. The molecule has 20 heavy (non-hydrogen) atoms. The van der Waals surface area contributed by atoms with Crippen molar-refractivity contribution < 1.29 is 9.66 Å². The van der Waals surface area contributed by atoms with Crippen molar-refractivity contribution in [1.82, 2.24) is 9.97 Å². The molecule has 0 spiro atoms. The third-order valence-corrected chi connectivity index (χ3v) is 3.26. The molecule has 0 bridgehead atoms. The van der Waals surface area contributed by atoms with Crippen LogP contribution in [0.25, 0.3) is 0 Å². The average Bonchev–Trinajstić information content (AvgIpc) is 2.47. The van der Waals surface area contributed by atoms with Crippen LogP contribution in [0.3, 0.4) is 0 Å². The number of para-hydroxylation sites is 1. The SMILES string of the molecule is CNc1ncnc(Oc2ccccc2SC)c1[N+](=O)[O-]. The highest BCUT2D eigenvalue weighted by atomic mass is 32.2. The number of nitrogens with one attached hydrogen (secondary N) is 1. The molecule has 8 heteroatoms. The second-order valence-corrected chi connectivity index (χ2v) is 4.48. The molecule has 2 rings (SSSR count). The van der Waals surface area contributed by atoms with Gasteiger partial charge in [-0.25, -0.2) is 4.98 Å². The van der Waals surface area contributed by atoms with Crippen LogP contribution < -0.4 is 10.1 Å². The summed E-state index contributed by atoms with van der Waals surface area (Å²) < 4.78 is 5.58. The summed E-state index contributed by atoms with van der Waals surface area (Å²) in [5, 5.41) is 13.8. The van der Waals surface area contributed by atoms with Gasteiger partial charge in [0, 0.05) is 11.9 Å². The Kier molecular flexibility index (Phi) is 4.36. The van der Waals surface area contributed by atoms with E-state index in [9.17, 15) is 10.1 Å². The Hall–Kier alpha value is -2.35. The molecular formula is C12H12N4O3S. The van der Waals surface area contributed by atoms with Crippen LogP contribution in [0.4, 0.5) is 11.5 Å². The van der Waals surface area contributed by atoms with Gasteiger partial charge in [-0.15, -0.1) is 11.8 Å². The quantitative estimate of drug-likeness (QED) is 0.514. The second kappa shape index (κ2) is 6.20. The molecule has 1 heterocycles. The van der Waals surface area contributed by atoms with Gasteiger partial charge < -0.3 is 10.1 Å². The maximum Gasteiger partial charge on any atom is 0.373 e. The van der Waals surface area contributed by atoms with Crippen LogP contribution in [0, 0.1) is 10.1 Å². The zero-order valence-corrected chi connectivity index (χ0v) is 11.7. The number of hydrogen-bond donors (Lipinski definition) is 1. The van der Waals surface area contributed by atoms with E-state index in [2.05, 4.69) is 15.3 Å². The van der Waals surface area contributed by atoms with Crippen molar-refractivity contribution in [1.29, 1.82) is 0 Å². The van der Waals surface area contributed by atoms with E-state index in [1.165, 1.54) is 18.1 Å². The Morgan fingerprint density at radius 2 is 2.10 bits per heavy atom. The number of ether oxygens (including phenoxy) is 1. The van der Waals surface area contributed by atoms with E-state index in [4.69, 9.17) is 4.74 Å². The summed E-state index contributed by atoms with van der Waals surface area (Å²) in [7, 11) is 1.55. The molecule has 104 valence electrons. The predicted octanol–water partition coefficient (Wildman–Crippen LogP) is 2.94. The van der Waals surface area contributed by atoms with Gasteiger partial charge in [0.25, 0.3) is 0 Å². The summed E-state index contributed by atoms with van der Waals surface area (Å²) in [6.07, 6.45) is 3.12. The largest absolute Gasteiger partial charge is 0.432 e. The van der Waals surface area contributed by atoms with Crippen LogP contribution >= 0.6 is 11.8 Å². The van der Waals surface area contributed by atoms with Crippen LogP contribution in [-0.2, 0) is 0 Å². The Bertz CT molecular complexity index is 636. The molecule has 0 amide bonds. The van der Waals surface area contributed by atoms with Crippen molar-refractivity contribution in [2.24, 2.45) is 0 Å². The second-order valence-electron chi connectivity index (χ2n) is 3.64. The highest BCUT2D eigenvalue weighted by Gasteiger charge is 2.24. The lowest BCUT2D eigenvalue weighted by atomic mass is 10.3. The highest BCUT2D eigenvalue weighted by Crippen LogP contribution is 2.36. The van der Waals surface area contributed by atoms with Crippen LogP contribution in [-0.4, -0.2) is 28.2 Å². The Morgan fingerprint density at radius 1 is 1.35 bits per heavy atom. The molecule has 0 aliphatic carbocycles. The molecule has 7 nitrogen and oxygen atoms in total. The van der Waals surface area contributed by atoms with Gasteiger partial charge in [-0.05, 0) is 18.4 Å². The number of nitro groups is 1. The smallest absolute Gasteiger partial charge is 0.373 e. The number of aromatic nitrogens is 2. The number of rotatable bonds is 5. The molecule has 0 aliphatic heterocycles. The minimum atomic E-state index is -0.567. The first-order valence-corrected chi connectivity index (χ1v) is 6.88. The Morgan fingerprint density at radius 3 is 2.75 bits per heavy atom. The molecule has 1 N–H and O–H groups in total. The Balaban J connectivity index is 2.46. The number of thioether (sulfide) groups is 1. The third-order valence-electron chi connectivity index (χ3n) is 2.48. The molecule has 2 aromatic rings. The van der Waals surface area contributed by atoms with E-state index in [1.807, 2.05) is 18.4 Å². The minimum Gasteiger partial charge on any atom is -0.432 e. The van der Waals surface area contributed by atoms with Crippen LogP contribution in [0.1, 0.15) is 0 Å². The first kappa shape index (κ1) is 14.1. The summed E-state index contributed by atoms with van der Waals surface area (Å²) in [4.78, 5) is 19.1. The van der Waals surface area contributed by atoms with E-state index in [0.29, 0.717) is 5.75 Å². The normalized spacial score (nSPS) is 10.1. The number of anilines is 1. The molecule has 1 aromatic heterocycles. The fourth-order valence-corrected chi connectivity index (χ4v) is 2.12. The van der Waals surface area contributed by atoms with Crippen LogP contribution in [0.2, 0.25) is 0 Å². The summed E-state index contributed by atoms with van der Waals surface area (Å²) in [5.74, 6) is 0.543. The molecule has 0 fully saturated rings. The van der Waals surface area contributed by atoms with Crippen molar-refractivity contribution in [2.75, 3.05) is 18.6 Å². The lowest BCUT2D eigenvalue weighted by molar-refractivity contribution is -0.385. The highest BCUT2D eigenvalue weighted by molar-refractivity contribution is 7.98. The van der Waals surface area contributed by atoms with Crippen molar-refractivity contribution in [2.45, 2.75) is 4.90 Å². The van der Waals surface area contributed by atoms with E-state index in [1.54, 1.807) is 19.2 Å². The van der Waals surface area contributed by atoms with Crippen molar-refractivity contribution in [3.63, 3.8) is 0 Å². The minimum absolute atomic E-state index is 0.0872. The van der Waals surface area contributed by atoms with Crippen LogP contribution in [0.15, 0.2) is 35.5 Å². The standard InChI is InChI=1S/C12H12N4O3S/c1-13-11-10(16(17)18)12(15-7-14-11)19-8-5-3-4-6-9(8)20-2/h3-7H,1-2H3,(H,13,14,15). The summed E-state index contributed by atoms with van der Waals surface area (Å²) >= 11 is 1.48. The maximum absolute atomic E-state index is 11.1. The maximum atomic E-state index is 11.1. The lowest BCUT2D eigenvalue weighted by Crippen LogP contribution is -2.03. The number of hydrogen-bond acceptors (Lipinski definition) is 7. The van der Waals surface area contributed by atoms with Gasteiger partial charge in [-0.1, -0.05) is 12.1 Å². The fraction of sp³-hybridized carbons (Fsp3) is 0.167. The molecule has 0 saturated carbocycles. The predicted molar refractivity (Wildman–Crippen MR) is 76.5 cm³/mol. The summed E-state index contributed by atoms with van der Waals surface area (Å²) in [6.45, 7) is 0. The average molecular weight is 292 g/mol. The molecule has 0 radical (unpaired) electrons. The summed E-state index contributed by atoms with van der Waals surface area (Å²) in [5.41, 5.74) is -0.286.